The third kappa shape index (κ3) is 2.80. The minimum absolute atomic E-state index is 0.119. The second-order valence-corrected chi connectivity index (χ2v) is 6.21. The number of furan rings is 1. The lowest BCUT2D eigenvalue weighted by Gasteiger charge is -2.24. The number of hydrogen-bond donors (Lipinski definition) is 1. The van der Waals surface area contributed by atoms with Gasteiger partial charge in [0.15, 0.2) is 0 Å². The van der Waals surface area contributed by atoms with Crippen LogP contribution in [0, 0.1) is 13.8 Å². The highest BCUT2D eigenvalue weighted by molar-refractivity contribution is 5.36. The molecular formula is C18H25NO. The average molecular weight is 271 g/mol. The lowest BCUT2D eigenvalue weighted by molar-refractivity contribution is 0.499. The summed E-state index contributed by atoms with van der Waals surface area (Å²) in [6.07, 6.45) is 1.12. The summed E-state index contributed by atoms with van der Waals surface area (Å²) in [6, 6.07) is 10.6. The molecule has 108 valence electrons. The van der Waals surface area contributed by atoms with Gasteiger partial charge in [-0.15, -0.1) is 0 Å². The molecule has 0 fully saturated rings. The van der Waals surface area contributed by atoms with E-state index in [1.54, 1.807) is 0 Å². The molecule has 0 bridgehead atoms. The van der Waals surface area contributed by atoms with Crippen LogP contribution in [0.15, 0.2) is 34.7 Å². The summed E-state index contributed by atoms with van der Waals surface area (Å²) in [5, 5.41) is 0. The molecule has 1 aromatic heterocycles. The van der Waals surface area contributed by atoms with Crippen molar-refractivity contribution in [2.24, 2.45) is 5.73 Å². The molecule has 0 aliphatic carbocycles. The summed E-state index contributed by atoms with van der Waals surface area (Å²) in [7, 11) is 0. The molecule has 1 atom stereocenters. The topological polar surface area (TPSA) is 39.2 Å². The smallest absolute Gasteiger partial charge is 0.106 e. The molecule has 0 spiro atoms. The van der Waals surface area contributed by atoms with Crippen molar-refractivity contribution in [3.63, 3.8) is 0 Å². The summed E-state index contributed by atoms with van der Waals surface area (Å²) in [5.41, 5.74) is 10.1. The van der Waals surface area contributed by atoms with Gasteiger partial charge in [0.05, 0.1) is 6.04 Å². The third-order valence-corrected chi connectivity index (χ3v) is 4.35. The van der Waals surface area contributed by atoms with Crippen molar-refractivity contribution in [2.45, 2.75) is 52.5 Å². The van der Waals surface area contributed by atoms with E-state index in [-0.39, 0.29) is 11.5 Å². The van der Waals surface area contributed by atoms with Gasteiger partial charge in [0, 0.05) is 5.56 Å². The van der Waals surface area contributed by atoms with E-state index in [1.807, 2.05) is 19.9 Å². The SMILES string of the molecule is CCC(C)(C)c1ccc(C(N)c2cc(C)oc2C)cc1. The van der Waals surface area contributed by atoms with Crippen molar-refractivity contribution in [1.82, 2.24) is 0 Å². The highest BCUT2D eigenvalue weighted by atomic mass is 16.3. The van der Waals surface area contributed by atoms with Crippen LogP contribution in [-0.2, 0) is 5.41 Å². The number of hydrogen-bond acceptors (Lipinski definition) is 2. The van der Waals surface area contributed by atoms with E-state index in [0.29, 0.717) is 0 Å². The zero-order valence-electron chi connectivity index (χ0n) is 13.2. The quantitative estimate of drug-likeness (QED) is 0.880. The molecule has 0 aliphatic rings. The first-order valence-corrected chi connectivity index (χ1v) is 7.28. The van der Waals surface area contributed by atoms with E-state index in [9.17, 15) is 0 Å². The Labute approximate surface area is 122 Å². The van der Waals surface area contributed by atoms with Crippen LogP contribution in [0.1, 0.15) is 61.4 Å². The molecule has 2 heteroatoms. The van der Waals surface area contributed by atoms with Gasteiger partial charge < -0.3 is 10.2 Å². The van der Waals surface area contributed by atoms with Gasteiger partial charge in [-0.3, -0.25) is 0 Å². The Bertz CT molecular complexity index is 578. The summed E-state index contributed by atoms with van der Waals surface area (Å²) in [6.45, 7) is 10.7. The molecule has 1 unspecified atom stereocenters. The lowest BCUT2D eigenvalue weighted by atomic mass is 9.81. The van der Waals surface area contributed by atoms with E-state index in [1.165, 1.54) is 5.56 Å². The molecule has 0 saturated carbocycles. The first kappa shape index (κ1) is 14.9. The highest BCUT2D eigenvalue weighted by Crippen LogP contribution is 2.30. The molecule has 2 aromatic rings. The van der Waals surface area contributed by atoms with E-state index < -0.39 is 0 Å². The molecule has 0 amide bonds. The second kappa shape index (κ2) is 5.45. The average Bonchev–Trinajstić information content (AvgIpc) is 2.77. The van der Waals surface area contributed by atoms with Gasteiger partial charge in [0.2, 0.25) is 0 Å². The minimum atomic E-state index is -0.119. The van der Waals surface area contributed by atoms with Crippen LogP contribution in [0.4, 0.5) is 0 Å². The summed E-state index contributed by atoms with van der Waals surface area (Å²) in [5.74, 6) is 1.82. The summed E-state index contributed by atoms with van der Waals surface area (Å²) < 4.78 is 5.57. The maximum atomic E-state index is 6.36. The fourth-order valence-corrected chi connectivity index (χ4v) is 2.48. The Morgan fingerprint density at radius 1 is 1.15 bits per heavy atom. The van der Waals surface area contributed by atoms with Crippen molar-refractivity contribution < 1.29 is 4.42 Å². The predicted molar refractivity (Wildman–Crippen MR) is 84.0 cm³/mol. The second-order valence-electron chi connectivity index (χ2n) is 6.21. The Morgan fingerprint density at radius 2 is 1.75 bits per heavy atom. The fourth-order valence-electron chi connectivity index (χ4n) is 2.48. The van der Waals surface area contributed by atoms with Crippen molar-refractivity contribution >= 4 is 0 Å². The van der Waals surface area contributed by atoms with E-state index in [2.05, 4.69) is 45.0 Å². The van der Waals surface area contributed by atoms with E-state index in [0.717, 1.165) is 29.1 Å². The summed E-state index contributed by atoms with van der Waals surface area (Å²) in [4.78, 5) is 0. The van der Waals surface area contributed by atoms with E-state index in [4.69, 9.17) is 10.2 Å². The minimum Gasteiger partial charge on any atom is -0.466 e. The van der Waals surface area contributed by atoms with Gasteiger partial charge in [0.25, 0.3) is 0 Å². The monoisotopic (exact) mass is 271 g/mol. The molecular weight excluding hydrogens is 246 g/mol. The first-order chi connectivity index (χ1) is 9.35. The van der Waals surface area contributed by atoms with Gasteiger partial charge in [-0.2, -0.15) is 0 Å². The van der Waals surface area contributed by atoms with Crippen molar-refractivity contribution in [3.8, 4) is 0 Å². The molecule has 2 N–H and O–H groups in total. The van der Waals surface area contributed by atoms with Crippen molar-refractivity contribution in [1.29, 1.82) is 0 Å². The fraction of sp³-hybridized carbons (Fsp3) is 0.444. The molecule has 1 aromatic carbocycles. The zero-order chi connectivity index (χ0) is 14.9. The van der Waals surface area contributed by atoms with Crippen molar-refractivity contribution in [3.05, 3.63) is 58.5 Å². The Kier molecular flexibility index (Phi) is 4.05. The Morgan fingerprint density at radius 3 is 2.20 bits per heavy atom. The number of rotatable bonds is 4. The Balaban J connectivity index is 2.28. The van der Waals surface area contributed by atoms with Crippen LogP contribution >= 0.6 is 0 Å². The summed E-state index contributed by atoms with van der Waals surface area (Å²) >= 11 is 0. The lowest BCUT2D eigenvalue weighted by Crippen LogP contribution is -2.16. The molecule has 2 rings (SSSR count). The maximum absolute atomic E-state index is 6.36. The maximum Gasteiger partial charge on any atom is 0.106 e. The predicted octanol–water partition coefficient (Wildman–Crippen LogP) is 4.63. The molecule has 0 aliphatic heterocycles. The van der Waals surface area contributed by atoms with Gasteiger partial charge in [-0.05, 0) is 42.9 Å². The molecule has 20 heavy (non-hydrogen) atoms. The number of nitrogens with two attached hydrogens (primary N) is 1. The number of benzene rings is 1. The van der Waals surface area contributed by atoms with Crippen LogP contribution in [0.2, 0.25) is 0 Å². The van der Waals surface area contributed by atoms with Gasteiger partial charge in [-0.1, -0.05) is 45.0 Å². The highest BCUT2D eigenvalue weighted by Gasteiger charge is 2.19. The van der Waals surface area contributed by atoms with Crippen molar-refractivity contribution in [2.75, 3.05) is 0 Å². The number of aryl methyl sites for hydroxylation is 2. The molecule has 0 saturated heterocycles. The first-order valence-electron chi connectivity index (χ1n) is 7.28. The molecule has 2 nitrogen and oxygen atoms in total. The molecule has 1 heterocycles. The van der Waals surface area contributed by atoms with E-state index >= 15 is 0 Å². The standard InChI is InChI=1S/C18H25NO/c1-6-18(4,5)15-9-7-14(8-10-15)17(19)16-11-12(2)20-13(16)3/h7-11,17H,6,19H2,1-5H3. The van der Waals surface area contributed by atoms with Crippen LogP contribution in [-0.4, -0.2) is 0 Å². The third-order valence-electron chi connectivity index (χ3n) is 4.35. The zero-order valence-corrected chi connectivity index (χ0v) is 13.2. The Hall–Kier alpha value is -1.54. The van der Waals surface area contributed by atoms with Crippen LogP contribution in [0.25, 0.3) is 0 Å². The van der Waals surface area contributed by atoms with Gasteiger partial charge in [-0.25, -0.2) is 0 Å². The van der Waals surface area contributed by atoms with Crippen LogP contribution in [0.5, 0.6) is 0 Å². The molecule has 0 radical (unpaired) electrons. The van der Waals surface area contributed by atoms with Crippen LogP contribution < -0.4 is 5.73 Å². The van der Waals surface area contributed by atoms with Gasteiger partial charge in [0.1, 0.15) is 11.5 Å². The van der Waals surface area contributed by atoms with Gasteiger partial charge >= 0.3 is 0 Å². The normalized spacial score (nSPS) is 13.5. The van der Waals surface area contributed by atoms with Crippen LogP contribution in [0.3, 0.4) is 0 Å². The largest absolute Gasteiger partial charge is 0.466 e.